The number of aromatic amines is 1. The van der Waals surface area contributed by atoms with Crippen LogP contribution < -0.4 is 0 Å². The first-order valence-electron chi connectivity index (χ1n) is 5.93. The monoisotopic (exact) mass is 353 g/mol. The molecule has 21 heavy (non-hydrogen) atoms. The second-order valence-corrected chi connectivity index (χ2v) is 5.38. The molecule has 0 saturated heterocycles. The van der Waals surface area contributed by atoms with Crippen molar-refractivity contribution in [3.05, 3.63) is 69.6 Å². The highest BCUT2D eigenvalue weighted by Crippen LogP contribution is 2.26. The highest BCUT2D eigenvalue weighted by Gasteiger charge is 2.22. The molecule has 6 heteroatoms. The number of ketones is 1. The van der Waals surface area contributed by atoms with E-state index in [2.05, 4.69) is 20.9 Å². The predicted molar refractivity (Wildman–Crippen MR) is 75.7 cm³/mol. The Morgan fingerprint density at radius 2 is 1.71 bits per heavy atom. The maximum Gasteiger partial charge on any atom is 0.201 e. The summed E-state index contributed by atoms with van der Waals surface area (Å²) >= 11 is 3.27. The maximum atomic E-state index is 13.7. The van der Waals surface area contributed by atoms with Gasteiger partial charge in [0.2, 0.25) is 5.78 Å². The molecule has 0 aliphatic rings. The first kappa shape index (κ1) is 13.9. The third kappa shape index (κ3) is 2.35. The van der Waals surface area contributed by atoms with Crippen molar-refractivity contribution in [3.63, 3.8) is 0 Å². The number of nitrogens with one attached hydrogen (secondary N) is 1. The van der Waals surface area contributed by atoms with Crippen LogP contribution in [0.25, 0.3) is 10.9 Å². The lowest BCUT2D eigenvalue weighted by atomic mass is 10.0. The van der Waals surface area contributed by atoms with Crippen LogP contribution in [0.4, 0.5) is 13.2 Å². The molecule has 2 nitrogen and oxygen atoms in total. The van der Waals surface area contributed by atoms with E-state index in [9.17, 15) is 18.0 Å². The average Bonchev–Trinajstić information content (AvgIpc) is 2.80. The lowest BCUT2D eigenvalue weighted by Gasteiger charge is -2.04. The number of carbonyl (C=O) groups excluding carboxylic acids is 1. The molecular weight excluding hydrogens is 347 g/mol. The van der Waals surface area contributed by atoms with Crippen LogP contribution in [0.2, 0.25) is 0 Å². The van der Waals surface area contributed by atoms with Crippen LogP contribution in [0.15, 0.2) is 41.0 Å². The molecule has 3 aromatic rings. The van der Waals surface area contributed by atoms with Gasteiger partial charge < -0.3 is 4.98 Å². The number of aromatic nitrogens is 1. The normalized spacial score (nSPS) is 11.0. The van der Waals surface area contributed by atoms with Crippen molar-refractivity contribution < 1.29 is 18.0 Å². The number of rotatable bonds is 2. The van der Waals surface area contributed by atoms with Crippen molar-refractivity contribution in [2.75, 3.05) is 0 Å². The smallest absolute Gasteiger partial charge is 0.201 e. The average molecular weight is 354 g/mol. The Bertz CT molecular complexity index is 849. The summed E-state index contributed by atoms with van der Waals surface area (Å²) in [5, 5.41) is 0.525. The van der Waals surface area contributed by atoms with Gasteiger partial charge in [-0.25, -0.2) is 13.2 Å². The molecule has 0 unspecified atom stereocenters. The van der Waals surface area contributed by atoms with E-state index in [-0.39, 0.29) is 5.56 Å². The second-order valence-electron chi connectivity index (χ2n) is 4.47. The molecule has 0 spiro atoms. The quantitative estimate of drug-likeness (QED) is 0.672. The van der Waals surface area contributed by atoms with E-state index in [1.165, 1.54) is 6.20 Å². The number of carbonyl (C=O) groups is 1. The molecule has 0 aliphatic carbocycles. The van der Waals surface area contributed by atoms with Crippen molar-refractivity contribution >= 4 is 32.6 Å². The molecule has 3 rings (SSSR count). The Labute approximate surface area is 125 Å². The van der Waals surface area contributed by atoms with E-state index in [1.54, 1.807) is 18.2 Å². The molecule has 1 aromatic heterocycles. The summed E-state index contributed by atoms with van der Waals surface area (Å²) < 4.78 is 41.1. The SMILES string of the molecule is O=C(c1c(F)cc(F)cc1F)c1c[nH]c2ccc(Br)cc12. The van der Waals surface area contributed by atoms with E-state index in [1.807, 2.05) is 0 Å². The van der Waals surface area contributed by atoms with Crippen molar-refractivity contribution in [3.8, 4) is 0 Å². The molecule has 1 N–H and O–H groups in total. The van der Waals surface area contributed by atoms with Crippen molar-refractivity contribution in [2.24, 2.45) is 0 Å². The van der Waals surface area contributed by atoms with Crippen LogP contribution in [0, 0.1) is 17.5 Å². The zero-order valence-electron chi connectivity index (χ0n) is 10.4. The number of halogens is 4. The van der Waals surface area contributed by atoms with Gasteiger partial charge in [-0.15, -0.1) is 0 Å². The van der Waals surface area contributed by atoms with Crippen LogP contribution in [0.1, 0.15) is 15.9 Å². The van der Waals surface area contributed by atoms with Crippen LogP contribution in [-0.2, 0) is 0 Å². The first-order valence-corrected chi connectivity index (χ1v) is 6.72. The summed E-state index contributed by atoms with van der Waals surface area (Å²) in [6.45, 7) is 0. The van der Waals surface area contributed by atoms with Crippen molar-refractivity contribution in [2.45, 2.75) is 0 Å². The third-order valence-electron chi connectivity index (χ3n) is 3.12. The minimum Gasteiger partial charge on any atom is -0.360 e. The molecule has 0 fully saturated rings. The molecule has 0 aliphatic heterocycles. The second kappa shape index (κ2) is 5.04. The van der Waals surface area contributed by atoms with Crippen molar-refractivity contribution in [1.82, 2.24) is 4.98 Å². The number of hydrogen-bond donors (Lipinski definition) is 1. The van der Waals surface area contributed by atoms with Gasteiger partial charge >= 0.3 is 0 Å². The van der Waals surface area contributed by atoms with E-state index in [0.717, 1.165) is 4.47 Å². The van der Waals surface area contributed by atoms with Crippen LogP contribution in [0.5, 0.6) is 0 Å². The molecule has 0 bridgehead atoms. The highest BCUT2D eigenvalue weighted by atomic mass is 79.9. The number of fused-ring (bicyclic) bond motifs is 1. The molecular formula is C15H7BrF3NO. The van der Waals surface area contributed by atoms with E-state index in [0.29, 0.717) is 23.0 Å². The molecule has 1 heterocycles. The van der Waals surface area contributed by atoms with Gasteiger partial charge in [0, 0.05) is 39.3 Å². The first-order chi connectivity index (χ1) is 9.97. The fraction of sp³-hybridized carbons (Fsp3) is 0. The predicted octanol–water partition coefficient (Wildman–Crippen LogP) is 4.58. The van der Waals surface area contributed by atoms with Gasteiger partial charge in [-0.1, -0.05) is 15.9 Å². The zero-order valence-corrected chi connectivity index (χ0v) is 12.0. The zero-order chi connectivity index (χ0) is 15.1. The lowest BCUT2D eigenvalue weighted by molar-refractivity contribution is 0.103. The number of H-pyrrole nitrogens is 1. The van der Waals surface area contributed by atoms with E-state index >= 15 is 0 Å². The standard InChI is InChI=1S/C15H7BrF3NO/c16-7-1-2-13-9(3-7)10(6-20-13)15(21)14-11(18)4-8(17)5-12(14)19/h1-6,20H. The summed E-state index contributed by atoms with van der Waals surface area (Å²) in [4.78, 5) is 15.2. The summed E-state index contributed by atoms with van der Waals surface area (Å²) in [5.74, 6) is -4.35. The van der Waals surface area contributed by atoms with Gasteiger partial charge in [-0.05, 0) is 18.2 Å². The Morgan fingerprint density at radius 1 is 1.05 bits per heavy atom. The molecule has 0 atom stereocenters. The maximum absolute atomic E-state index is 13.7. The highest BCUT2D eigenvalue weighted by molar-refractivity contribution is 9.10. The van der Waals surface area contributed by atoms with Gasteiger partial charge in [0.1, 0.15) is 17.5 Å². The third-order valence-corrected chi connectivity index (χ3v) is 3.62. The van der Waals surface area contributed by atoms with Crippen LogP contribution in [0.3, 0.4) is 0 Å². The number of benzene rings is 2. The van der Waals surface area contributed by atoms with Gasteiger partial charge in [0.25, 0.3) is 0 Å². The fourth-order valence-electron chi connectivity index (χ4n) is 2.17. The molecule has 2 aromatic carbocycles. The van der Waals surface area contributed by atoms with Crippen molar-refractivity contribution in [1.29, 1.82) is 0 Å². The topological polar surface area (TPSA) is 32.9 Å². The fourth-order valence-corrected chi connectivity index (χ4v) is 2.54. The Balaban J connectivity index is 2.20. The van der Waals surface area contributed by atoms with E-state index in [4.69, 9.17) is 0 Å². The molecule has 0 amide bonds. The summed E-state index contributed by atoms with van der Waals surface area (Å²) in [6, 6.07) is 6.14. The molecule has 0 radical (unpaired) electrons. The van der Waals surface area contributed by atoms with Gasteiger partial charge in [-0.2, -0.15) is 0 Å². The Hall–Kier alpha value is -2.08. The summed E-state index contributed by atoms with van der Waals surface area (Å²) in [5.41, 5.74) is 0.0115. The van der Waals surface area contributed by atoms with Gasteiger partial charge in [0.15, 0.2) is 0 Å². The van der Waals surface area contributed by atoms with Crippen LogP contribution >= 0.6 is 15.9 Å². The largest absolute Gasteiger partial charge is 0.360 e. The Kier molecular flexibility index (Phi) is 3.33. The number of hydrogen-bond acceptors (Lipinski definition) is 1. The van der Waals surface area contributed by atoms with Gasteiger partial charge in [0.05, 0.1) is 5.56 Å². The van der Waals surface area contributed by atoms with Crippen LogP contribution in [-0.4, -0.2) is 10.8 Å². The molecule has 106 valence electrons. The minimum atomic E-state index is -1.22. The summed E-state index contributed by atoms with van der Waals surface area (Å²) in [7, 11) is 0. The molecule has 0 saturated carbocycles. The minimum absolute atomic E-state index is 0.121. The lowest BCUT2D eigenvalue weighted by Crippen LogP contribution is -2.07. The summed E-state index contributed by atoms with van der Waals surface area (Å²) in [6.07, 6.45) is 1.38. The Morgan fingerprint density at radius 3 is 2.38 bits per heavy atom. The van der Waals surface area contributed by atoms with E-state index < -0.39 is 28.8 Å². The van der Waals surface area contributed by atoms with Gasteiger partial charge in [-0.3, -0.25) is 4.79 Å².